The summed E-state index contributed by atoms with van der Waals surface area (Å²) in [5.74, 6) is 0.467. The van der Waals surface area contributed by atoms with Crippen molar-refractivity contribution in [3.63, 3.8) is 0 Å². The smallest absolute Gasteiger partial charge is 0.225 e. The molecule has 25 heavy (non-hydrogen) atoms. The molecular weight excluding hydrogens is 316 g/mol. The first-order chi connectivity index (χ1) is 11.8. The Bertz CT molecular complexity index is 636. The maximum Gasteiger partial charge on any atom is 0.225 e. The quantitative estimate of drug-likeness (QED) is 0.858. The normalized spacial score (nSPS) is 21.1. The van der Waals surface area contributed by atoms with E-state index in [-0.39, 0.29) is 23.8 Å². The largest absolute Gasteiger partial charge is 0.352 e. The molecule has 1 aliphatic heterocycles. The predicted octanol–water partition coefficient (Wildman–Crippen LogP) is 2.42. The van der Waals surface area contributed by atoms with E-state index in [1.807, 2.05) is 30.4 Å². The number of aromatic nitrogens is 2. The van der Waals surface area contributed by atoms with Gasteiger partial charge in [-0.3, -0.25) is 14.3 Å². The number of hydrogen-bond acceptors (Lipinski definition) is 3. The van der Waals surface area contributed by atoms with Crippen LogP contribution < -0.4 is 5.32 Å². The third-order valence-corrected chi connectivity index (χ3v) is 5.23. The summed E-state index contributed by atoms with van der Waals surface area (Å²) >= 11 is 0. The van der Waals surface area contributed by atoms with E-state index >= 15 is 0 Å². The lowest BCUT2D eigenvalue weighted by Crippen LogP contribution is -2.52. The van der Waals surface area contributed by atoms with E-state index in [2.05, 4.69) is 31.2 Å². The Hall–Kier alpha value is -1.85. The van der Waals surface area contributed by atoms with Gasteiger partial charge >= 0.3 is 0 Å². The second-order valence-electron chi connectivity index (χ2n) is 7.51. The number of nitrogens with one attached hydrogen (secondary N) is 1. The van der Waals surface area contributed by atoms with Gasteiger partial charge in [-0.1, -0.05) is 13.8 Å². The minimum atomic E-state index is -0.140. The number of rotatable bonds is 6. The van der Waals surface area contributed by atoms with E-state index < -0.39 is 0 Å². The van der Waals surface area contributed by atoms with E-state index in [9.17, 15) is 9.59 Å². The highest BCUT2D eigenvalue weighted by atomic mass is 16.2. The summed E-state index contributed by atoms with van der Waals surface area (Å²) in [6.07, 6.45) is 1.09. The first-order valence-corrected chi connectivity index (χ1v) is 9.36. The van der Waals surface area contributed by atoms with Gasteiger partial charge in [-0.25, -0.2) is 0 Å². The van der Waals surface area contributed by atoms with Crippen molar-refractivity contribution in [3.05, 3.63) is 17.0 Å². The molecule has 2 amide bonds. The van der Waals surface area contributed by atoms with Gasteiger partial charge in [-0.2, -0.15) is 5.10 Å². The van der Waals surface area contributed by atoms with E-state index in [1.54, 1.807) is 0 Å². The first-order valence-electron chi connectivity index (χ1n) is 9.36. The number of likely N-dealkylation sites (tertiary alicyclic amines) is 1. The zero-order valence-electron chi connectivity index (χ0n) is 16.4. The summed E-state index contributed by atoms with van der Waals surface area (Å²) in [5.41, 5.74) is 3.16. The highest BCUT2D eigenvalue weighted by molar-refractivity contribution is 5.84. The molecule has 0 unspecified atom stereocenters. The fourth-order valence-electron chi connectivity index (χ4n) is 3.72. The zero-order valence-corrected chi connectivity index (χ0v) is 16.4. The number of hydrogen-bond donors (Lipinski definition) is 1. The number of amides is 2. The van der Waals surface area contributed by atoms with Crippen molar-refractivity contribution in [3.8, 4) is 0 Å². The molecule has 2 rings (SSSR count). The Morgan fingerprint density at radius 1 is 1.36 bits per heavy atom. The molecule has 0 aliphatic carbocycles. The van der Waals surface area contributed by atoms with Gasteiger partial charge in [-0.15, -0.1) is 0 Å². The molecule has 2 heterocycles. The number of carbonyl (C=O) groups is 2. The Morgan fingerprint density at radius 3 is 2.60 bits per heavy atom. The van der Waals surface area contributed by atoms with Crippen LogP contribution >= 0.6 is 0 Å². The lowest BCUT2D eigenvalue weighted by Gasteiger charge is -2.39. The van der Waals surface area contributed by atoms with E-state index in [1.165, 1.54) is 0 Å². The molecule has 1 saturated heterocycles. The second kappa shape index (κ2) is 8.02. The van der Waals surface area contributed by atoms with Crippen molar-refractivity contribution in [2.24, 2.45) is 11.8 Å². The van der Waals surface area contributed by atoms with Gasteiger partial charge in [-0.05, 0) is 40.0 Å². The number of aryl methyl sites for hydroxylation is 2. The zero-order chi connectivity index (χ0) is 18.7. The Balaban J connectivity index is 2.03. The van der Waals surface area contributed by atoms with Crippen LogP contribution in [0.5, 0.6) is 0 Å². The summed E-state index contributed by atoms with van der Waals surface area (Å²) < 4.78 is 1.96. The molecular formula is C19H32N4O2. The summed E-state index contributed by atoms with van der Waals surface area (Å²) in [7, 11) is 0. The van der Waals surface area contributed by atoms with Crippen LogP contribution in [-0.4, -0.2) is 39.1 Å². The maximum atomic E-state index is 12.7. The van der Waals surface area contributed by atoms with Crippen molar-refractivity contribution in [1.29, 1.82) is 0 Å². The fourth-order valence-corrected chi connectivity index (χ4v) is 3.72. The molecule has 1 aromatic heterocycles. The number of piperidine rings is 1. The monoisotopic (exact) mass is 348 g/mol. The van der Waals surface area contributed by atoms with Gasteiger partial charge in [0.2, 0.25) is 11.8 Å². The Morgan fingerprint density at radius 2 is 2.04 bits per heavy atom. The van der Waals surface area contributed by atoms with Gasteiger partial charge in [0.1, 0.15) is 0 Å². The van der Waals surface area contributed by atoms with Gasteiger partial charge in [0, 0.05) is 43.4 Å². The standard InChI is InChI=1S/C19H32N4O2/c1-7-23-15(6)17(13(4)21-23)10-20-19(25)16-8-9-18(24)22(14(16)5)11-12(2)3/h12,14,16H,7-11H2,1-6H3,(H,20,25)/t14-,16-/m1/s1. The molecule has 0 aromatic carbocycles. The van der Waals surface area contributed by atoms with E-state index in [4.69, 9.17) is 0 Å². The molecule has 6 heteroatoms. The highest BCUT2D eigenvalue weighted by Crippen LogP contribution is 2.26. The topological polar surface area (TPSA) is 67.2 Å². The average Bonchev–Trinajstić information content (AvgIpc) is 2.82. The summed E-state index contributed by atoms with van der Waals surface area (Å²) in [6, 6.07) is -0.0517. The Labute approximate surface area is 151 Å². The van der Waals surface area contributed by atoms with E-state index in [0.717, 1.165) is 23.5 Å². The van der Waals surface area contributed by atoms with Crippen molar-refractivity contribution in [2.45, 2.75) is 73.5 Å². The summed E-state index contributed by atoms with van der Waals surface area (Å²) in [4.78, 5) is 26.8. The van der Waals surface area contributed by atoms with Gasteiger partial charge < -0.3 is 10.2 Å². The first kappa shape index (κ1) is 19.5. The molecule has 1 aromatic rings. The van der Waals surface area contributed by atoms with Gasteiger partial charge in [0.05, 0.1) is 11.6 Å². The Kier molecular flexibility index (Phi) is 6.25. The van der Waals surface area contributed by atoms with Crippen LogP contribution in [0.2, 0.25) is 0 Å². The van der Waals surface area contributed by atoms with Gasteiger partial charge in [0.15, 0.2) is 0 Å². The van der Waals surface area contributed by atoms with Crippen LogP contribution in [0.25, 0.3) is 0 Å². The second-order valence-corrected chi connectivity index (χ2v) is 7.51. The lowest BCUT2D eigenvalue weighted by molar-refractivity contribution is -0.143. The molecule has 1 N–H and O–H groups in total. The van der Waals surface area contributed by atoms with E-state index in [0.29, 0.717) is 31.8 Å². The van der Waals surface area contributed by atoms with Crippen molar-refractivity contribution in [1.82, 2.24) is 20.0 Å². The predicted molar refractivity (Wildman–Crippen MR) is 98.0 cm³/mol. The minimum absolute atomic E-state index is 0.0387. The molecule has 140 valence electrons. The van der Waals surface area contributed by atoms with Crippen LogP contribution in [0.3, 0.4) is 0 Å². The van der Waals surface area contributed by atoms with Crippen LogP contribution in [0.15, 0.2) is 0 Å². The summed E-state index contributed by atoms with van der Waals surface area (Å²) in [6.45, 7) is 14.3. The molecule has 6 nitrogen and oxygen atoms in total. The molecule has 1 fully saturated rings. The van der Waals surface area contributed by atoms with Crippen LogP contribution in [-0.2, 0) is 22.7 Å². The van der Waals surface area contributed by atoms with Crippen molar-refractivity contribution < 1.29 is 9.59 Å². The van der Waals surface area contributed by atoms with Crippen molar-refractivity contribution in [2.75, 3.05) is 6.54 Å². The third-order valence-electron chi connectivity index (χ3n) is 5.23. The fraction of sp³-hybridized carbons (Fsp3) is 0.737. The highest BCUT2D eigenvalue weighted by Gasteiger charge is 2.36. The molecule has 1 aliphatic rings. The molecule has 0 saturated carbocycles. The molecule has 0 spiro atoms. The van der Waals surface area contributed by atoms with Crippen LogP contribution in [0, 0.1) is 25.7 Å². The number of carbonyl (C=O) groups excluding carboxylic acids is 2. The molecule has 0 radical (unpaired) electrons. The van der Waals surface area contributed by atoms with Crippen molar-refractivity contribution >= 4 is 11.8 Å². The molecule has 0 bridgehead atoms. The minimum Gasteiger partial charge on any atom is -0.352 e. The molecule has 2 atom stereocenters. The van der Waals surface area contributed by atoms with Crippen LogP contribution in [0.1, 0.15) is 57.5 Å². The maximum absolute atomic E-state index is 12.7. The van der Waals surface area contributed by atoms with Crippen LogP contribution in [0.4, 0.5) is 0 Å². The van der Waals surface area contributed by atoms with Gasteiger partial charge in [0.25, 0.3) is 0 Å². The average molecular weight is 348 g/mol. The lowest BCUT2D eigenvalue weighted by atomic mass is 9.88. The SMILES string of the molecule is CCn1nc(C)c(CNC(=O)[C@@H]2CCC(=O)N(CC(C)C)[C@@H]2C)c1C. The summed E-state index contributed by atoms with van der Waals surface area (Å²) in [5, 5.41) is 7.58. The third kappa shape index (κ3) is 4.22. The number of nitrogens with zero attached hydrogens (tertiary/aromatic N) is 3.